The van der Waals surface area contributed by atoms with Gasteiger partial charge in [0.05, 0.1) is 36.0 Å². The Balaban J connectivity index is 0.000000211. The van der Waals surface area contributed by atoms with Gasteiger partial charge in [-0.05, 0) is 137 Å². The van der Waals surface area contributed by atoms with Crippen LogP contribution in [0.2, 0.25) is 0 Å². The van der Waals surface area contributed by atoms with Gasteiger partial charge in [-0.3, -0.25) is 0 Å². The first-order chi connectivity index (χ1) is 25.8. The van der Waals surface area contributed by atoms with Crippen molar-refractivity contribution in [3.05, 3.63) is 128 Å². The quantitative estimate of drug-likeness (QED) is 0.161. The third-order valence-corrected chi connectivity index (χ3v) is 11.3. The lowest BCUT2D eigenvalue weighted by Gasteiger charge is -2.41. The van der Waals surface area contributed by atoms with Crippen LogP contribution in [0.25, 0.3) is 0 Å². The molecule has 6 heteroatoms. The normalized spacial score (nSPS) is 16.5. The number of aromatic hydroxyl groups is 2. The number of methoxy groups -OCH3 is 1. The van der Waals surface area contributed by atoms with Gasteiger partial charge in [0.15, 0.2) is 0 Å². The molecule has 0 atom stereocenters. The lowest BCUT2D eigenvalue weighted by Crippen LogP contribution is -2.33. The molecule has 6 nitrogen and oxygen atoms in total. The van der Waals surface area contributed by atoms with Crippen LogP contribution >= 0.6 is 0 Å². The van der Waals surface area contributed by atoms with E-state index in [9.17, 15) is 19.8 Å². The third kappa shape index (κ3) is 9.09. The molecule has 2 aliphatic rings. The topological polar surface area (TPSA) is 93.1 Å². The first kappa shape index (κ1) is 40.7. The van der Waals surface area contributed by atoms with Crippen molar-refractivity contribution < 1.29 is 29.3 Å². The number of ether oxygens (including phenoxy) is 2. The molecular weight excluding hydrogens is 685 g/mol. The third-order valence-electron chi connectivity index (χ3n) is 11.3. The predicted molar refractivity (Wildman–Crippen MR) is 219 cm³/mol. The number of phenols is 2. The van der Waals surface area contributed by atoms with Crippen LogP contribution in [-0.2, 0) is 31.1 Å². The predicted octanol–water partition coefficient (Wildman–Crippen LogP) is 10.2. The second-order valence-electron chi connectivity index (χ2n) is 17.2. The average Bonchev–Trinajstić information content (AvgIpc) is 3.14. The van der Waals surface area contributed by atoms with Gasteiger partial charge in [0.1, 0.15) is 11.5 Å². The summed E-state index contributed by atoms with van der Waals surface area (Å²) in [5.41, 5.74) is 9.59. The van der Waals surface area contributed by atoms with Crippen LogP contribution in [0.15, 0.2) is 72.8 Å². The molecule has 0 amide bonds. The molecule has 0 radical (unpaired) electrons. The van der Waals surface area contributed by atoms with E-state index in [-0.39, 0.29) is 33.2 Å². The van der Waals surface area contributed by atoms with Gasteiger partial charge >= 0.3 is 11.9 Å². The maximum atomic E-state index is 11.8. The maximum absolute atomic E-state index is 11.8. The Morgan fingerprint density at radius 3 is 1.29 bits per heavy atom. The minimum Gasteiger partial charge on any atom is -0.507 e. The molecule has 4 aromatic rings. The molecule has 2 N–H and O–H groups in total. The van der Waals surface area contributed by atoms with Gasteiger partial charge in [0.25, 0.3) is 0 Å². The Labute approximate surface area is 327 Å². The van der Waals surface area contributed by atoms with Crippen molar-refractivity contribution in [3.63, 3.8) is 0 Å². The fourth-order valence-electron chi connectivity index (χ4n) is 7.47. The van der Waals surface area contributed by atoms with E-state index in [1.54, 1.807) is 31.2 Å². The number of hydrogen-bond acceptors (Lipinski definition) is 6. The van der Waals surface area contributed by atoms with Crippen molar-refractivity contribution in [2.75, 3.05) is 13.7 Å². The molecular formula is C49H54O6. The van der Waals surface area contributed by atoms with Crippen molar-refractivity contribution >= 4 is 11.9 Å². The molecule has 0 aliphatic heterocycles. The summed E-state index contributed by atoms with van der Waals surface area (Å²) in [6.45, 7) is 20.4. The fraction of sp³-hybridized carbons (Fsp3) is 0.388. The highest BCUT2D eigenvalue weighted by Gasteiger charge is 2.38. The molecule has 0 aromatic heterocycles. The maximum Gasteiger partial charge on any atom is 0.338 e. The molecule has 286 valence electrons. The van der Waals surface area contributed by atoms with E-state index in [0.717, 1.165) is 24.0 Å². The summed E-state index contributed by atoms with van der Waals surface area (Å²) in [5, 5.41) is 20.4. The largest absolute Gasteiger partial charge is 0.507 e. The number of benzene rings is 4. The number of esters is 2. The minimum absolute atomic E-state index is 0.0162. The van der Waals surface area contributed by atoms with Crippen molar-refractivity contribution in [3.8, 4) is 35.2 Å². The Morgan fingerprint density at radius 1 is 0.545 bits per heavy atom. The Morgan fingerprint density at radius 2 is 0.927 bits per heavy atom. The first-order valence-corrected chi connectivity index (χ1v) is 19.0. The number of fused-ring (bicyclic) bond motifs is 2. The molecule has 0 unspecified atom stereocenters. The molecule has 4 aromatic carbocycles. The summed E-state index contributed by atoms with van der Waals surface area (Å²) >= 11 is 0. The molecule has 0 heterocycles. The molecule has 0 fully saturated rings. The molecule has 55 heavy (non-hydrogen) atoms. The number of phenolic OH excluding ortho intramolecular Hbond substituents is 2. The Bertz CT molecular complexity index is 2250. The van der Waals surface area contributed by atoms with Crippen molar-refractivity contribution in [1.29, 1.82) is 0 Å². The zero-order valence-electron chi connectivity index (χ0n) is 34.0. The van der Waals surface area contributed by atoms with Gasteiger partial charge in [-0.15, -0.1) is 0 Å². The van der Waals surface area contributed by atoms with E-state index in [4.69, 9.17) is 4.74 Å². The van der Waals surface area contributed by atoms with Crippen molar-refractivity contribution in [1.82, 2.24) is 0 Å². The van der Waals surface area contributed by atoms with Gasteiger partial charge in [-0.1, -0.05) is 91.2 Å². The zero-order valence-corrected chi connectivity index (χ0v) is 34.0. The average molecular weight is 739 g/mol. The highest BCUT2D eigenvalue weighted by molar-refractivity contribution is 5.90. The van der Waals surface area contributed by atoms with Crippen LogP contribution in [0, 0.1) is 23.7 Å². The number of carbonyl (C=O) groups is 2. The molecule has 6 rings (SSSR count). The van der Waals surface area contributed by atoms with Crippen LogP contribution in [0.1, 0.15) is 153 Å². The van der Waals surface area contributed by atoms with E-state index in [1.165, 1.54) is 54.3 Å². The van der Waals surface area contributed by atoms with Crippen LogP contribution in [0.3, 0.4) is 0 Å². The van der Waals surface area contributed by atoms with Crippen LogP contribution in [0.5, 0.6) is 11.5 Å². The Hall–Kier alpha value is -5.46. The molecule has 0 bridgehead atoms. The SMILES string of the molecule is CCOC(=O)c1ccc(C#Cc2ccc3c(c2)C(C)(C)CCC3(C)C)c(O)c1.COC(=O)c1ccc(C#Cc2ccc3c(c2)C(C)(C)CCC3(C)C)c(O)c1. The minimum atomic E-state index is -0.482. The summed E-state index contributed by atoms with van der Waals surface area (Å²) in [6, 6.07) is 22.2. The summed E-state index contributed by atoms with van der Waals surface area (Å²) in [6.07, 6.45) is 4.66. The van der Waals surface area contributed by atoms with Gasteiger partial charge in [0, 0.05) is 11.1 Å². The van der Waals surface area contributed by atoms with E-state index in [1.807, 2.05) is 0 Å². The molecule has 0 spiro atoms. The van der Waals surface area contributed by atoms with Gasteiger partial charge in [-0.25, -0.2) is 9.59 Å². The lowest BCUT2D eigenvalue weighted by molar-refractivity contribution is 0.0524. The number of carbonyl (C=O) groups excluding carboxylic acids is 2. The molecule has 0 saturated heterocycles. The second kappa shape index (κ2) is 15.7. The summed E-state index contributed by atoms with van der Waals surface area (Å²) in [4.78, 5) is 23.3. The van der Waals surface area contributed by atoms with Crippen LogP contribution in [0.4, 0.5) is 0 Å². The van der Waals surface area contributed by atoms with E-state index < -0.39 is 11.9 Å². The van der Waals surface area contributed by atoms with Crippen LogP contribution in [-0.4, -0.2) is 35.9 Å². The highest BCUT2D eigenvalue weighted by Crippen LogP contribution is 2.47. The summed E-state index contributed by atoms with van der Waals surface area (Å²) in [5.74, 6) is 11.4. The van der Waals surface area contributed by atoms with Gasteiger partial charge in [-0.2, -0.15) is 0 Å². The fourth-order valence-corrected chi connectivity index (χ4v) is 7.47. The smallest absolute Gasteiger partial charge is 0.338 e. The molecule has 0 saturated carbocycles. The number of hydrogen-bond donors (Lipinski definition) is 2. The Kier molecular flexibility index (Phi) is 11.6. The van der Waals surface area contributed by atoms with Crippen molar-refractivity contribution in [2.24, 2.45) is 0 Å². The van der Waals surface area contributed by atoms with E-state index >= 15 is 0 Å². The summed E-state index contributed by atoms with van der Waals surface area (Å²) in [7, 11) is 1.31. The van der Waals surface area contributed by atoms with Crippen LogP contribution < -0.4 is 0 Å². The first-order valence-electron chi connectivity index (χ1n) is 19.0. The van der Waals surface area contributed by atoms with Gasteiger partial charge < -0.3 is 19.7 Å². The molecule has 2 aliphatic carbocycles. The highest BCUT2D eigenvalue weighted by atomic mass is 16.5. The second-order valence-corrected chi connectivity index (χ2v) is 17.2. The van der Waals surface area contributed by atoms with Crippen molar-refractivity contribution in [2.45, 2.75) is 110 Å². The zero-order chi connectivity index (χ0) is 40.3. The lowest BCUT2D eigenvalue weighted by atomic mass is 9.63. The van der Waals surface area contributed by atoms with E-state index in [0.29, 0.717) is 28.9 Å². The monoisotopic (exact) mass is 738 g/mol. The number of rotatable bonds is 3. The summed E-state index contributed by atoms with van der Waals surface area (Å²) < 4.78 is 9.62. The standard InChI is InChI=1S/C25H28O3.C24H26O3/c1-6-28-23(27)19-11-10-18(22(26)16-19)9-7-17-8-12-20-21(15-17)25(4,5)14-13-24(20,2)3;1-23(2)12-13-24(3,4)20-14-16(7-11-19(20)23)6-8-17-9-10-18(15-21(17)25)22(26)27-5/h8,10-12,15-16,26H,6,13-14H2,1-5H3;7,9-11,14-15,25H,12-13H2,1-5H3. The van der Waals surface area contributed by atoms with E-state index in [2.05, 4.69) is 120 Å². The van der Waals surface area contributed by atoms with Gasteiger partial charge in [0.2, 0.25) is 0 Å².